The molecule has 1 unspecified atom stereocenters. The molecule has 1 fully saturated rings. The largest absolute Gasteiger partial charge is 0.372 e. The Morgan fingerprint density at radius 2 is 2.33 bits per heavy atom. The fourth-order valence-electron chi connectivity index (χ4n) is 2.10. The lowest BCUT2D eigenvalue weighted by Gasteiger charge is -2.22. The third-order valence-electron chi connectivity index (χ3n) is 3.38. The van der Waals surface area contributed by atoms with Crippen molar-refractivity contribution in [3.63, 3.8) is 0 Å². The van der Waals surface area contributed by atoms with E-state index in [0.717, 1.165) is 29.1 Å². The van der Waals surface area contributed by atoms with E-state index in [0.29, 0.717) is 6.54 Å². The SMILES string of the molecule is CNc1ncnc(N2CCC(C)(C(N)=O)C2)c1Br. The molecule has 6 nitrogen and oxygen atoms in total. The van der Waals surface area contributed by atoms with Crippen LogP contribution in [0.2, 0.25) is 0 Å². The van der Waals surface area contributed by atoms with Gasteiger partial charge in [-0.05, 0) is 29.3 Å². The molecule has 0 aromatic carbocycles. The smallest absolute Gasteiger partial charge is 0.225 e. The molecule has 18 heavy (non-hydrogen) atoms. The molecule has 0 saturated carbocycles. The summed E-state index contributed by atoms with van der Waals surface area (Å²) in [5, 5.41) is 2.99. The second-order valence-corrected chi connectivity index (χ2v) is 5.50. The topological polar surface area (TPSA) is 84.1 Å². The van der Waals surface area contributed by atoms with Gasteiger partial charge < -0.3 is 16.0 Å². The molecule has 1 aliphatic heterocycles. The highest BCUT2D eigenvalue weighted by molar-refractivity contribution is 9.10. The van der Waals surface area contributed by atoms with Crippen molar-refractivity contribution in [1.29, 1.82) is 0 Å². The van der Waals surface area contributed by atoms with Crippen LogP contribution in [0.4, 0.5) is 11.6 Å². The number of primary amides is 1. The summed E-state index contributed by atoms with van der Waals surface area (Å²) >= 11 is 3.48. The van der Waals surface area contributed by atoms with Crippen LogP contribution in [0.1, 0.15) is 13.3 Å². The fraction of sp³-hybridized carbons (Fsp3) is 0.545. The van der Waals surface area contributed by atoms with Crippen LogP contribution in [0, 0.1) is 5.41 Å². The Kier molecular flexibility index (Phi) is 3.43. The molecule has 1 amide bonds. The minimum absolute atomic E-state index is 0.260. The maximum Gasteiger partial charge on any atom is 0.225 e. The molecule has 0 aliphatic carbocycles. The van der Waals surface area contributed by atoms with E-state index in [9.17, 15) is 4.79 Å². The lowest BCUT2D eigenvalue weighted by atomic mass is 9.89. The molecule has 1 atom stereocenters. The van der Waals surface area contributed by atoms with Gasteiger partial charge in [0.2, 0.25) is 5.91 Å². The van der Waals surface area contributed by atoms with Gasteiger partial charge in [-0.1, -0.05) is 0 Å². The monoisotopic (exact) mass is 313 g/mol. The van der Waals surface area contributed by atoms with Crippen LogP contribution in [0.5, 0.6) is 0 Å². The van der Waals surface area contributed by atoms with Gasteiger partial charge in [-0.2, -0.15) is 0 Å². The van der Waals surface area contributed by atoms with Crippen LogP contribution in [-0.4, -0.2) is 36.0 Å². The Hall–Kier alpha value is -1.37. The second-order valence-electron chi connectivity index (χ2n) is 4.71. The lowest BCUT2D eigenvalue weighted by Crippen LogP contribution is -2.37. The standard InChI is InChI=1S/C11H16BrN5O/c1-11(10(13)18)3-4-17(5-11)9-7(12)8(14-2)15-6-16-9/h6H,3-5H2,1-2H3,(H2,13,18)(H,14,15,16). The minimum Gasteiger partial charge on any atom is -0.372 e. The lowest BCUT2D eigenvalue weighted by molar-refractivity contribution is -0.125. The Labute approximate surface area is 114 Å². The Balaban J connectivity index is 2.27. The predicted octanol–water partition coefficient (Wildman–Crippen LogP) is 0.983. The summed E-state index contributed by atoms with van der Waals surface area (Å²) in [4.78, 5) is 21.9. The molecule has 0 radical (unpaired) electrons. The first-order chi connectivity index (χ1) is 8.48. The predicted molar refractivity (Wildman–Crippen MR) is 73.4 cm³/mol. The van der Waals surface area contributed by atoms with Crippen LogP contribution in [-0.2, 0) is 4.79 Å². The molecule has 1 aromatic rings. The van der Waals surface area contributed by atoms with Gasteiger partial charge in [0.25, 0.3) is 0 Å². The van der Waals surface area contributed by atoms with Crippen molar-refractivity contribution >= 4 is 33.5 Å². The first-order valence-corrected chi connectivity index (χ1v) is 6.50. The molecule has 0 bridgehead atoms. The zero-order chi connectivity index (χ0) is 13.3. The number of aromatic nitrogens is 2. The number of carbonyl (C=O) groups excluding carboxylic acids is 1. The Bertz CT molecular complexity index is 481. The molecule has 7 heteroatoms. The average molecular weight is 314 g/mol. The summed E-state index contributed by atoms with van der Waals surface area (Å²) in [6.07, 6.45) is 2.25. The van der Waals surface area contributed by atoms with Crippen molar-refractivity contribution < 1.29 is 4.79 Å². The minimum atomic E-state index is -0.482. The fourth-order valence-corrected chi connectivity index (χ4v) is 2.75. The van der Waals surface area contributed by atoms with E-state index in [4.69, 9.17) is 5.73 Å². The molecule has 1 aliphatic rings. The van der Waals surface area contributed by atoms with E-state index in [2.05, 4.69) is 36.1 Å². The molecular formula is C11H16BrN5O. The van der Waals surface area contributed by atoms with Crippen molar-refractivity contribution in [2.75, 3.05) is 30.4 Å². The molecule has 98 valence electrons. The zero-order valence-electron chi connectivity index (χ0n) is 10.4. The van der Waals surface area contributed by atoms with Gasteiger partial charge in [0.05, 0.1) is 5.41 Å². The number of nitrogens with two attached hydrogens (primary N) is 1. The summed E-state index contributed by atoms with van der Waals surface area (Å²) in [5.74, 6) is 1.26. The summed E-state index contributed by atoms with van der Waals surface area (Å²) in [5.41, 5.74) is 4.96. The number of halogens is 1. The summed E-state index contributed by atoms with van der Waals surface area (Å²) < 4.78 is 0.807. The molecule has 1 saturated heterocycles. The maximum absolute atomic E-state index is 11.4. The summed E-state index contributed by atoms with van der Waals surface area (Å²) in [6.45, 7) is 3.24. The molecule has 1 aromatic heterocycles. The van der Waals surface area contributed by atoms with Gasteiger partial charge in [-0.25, -0.2) is 9.97 Å². The molecule has 3 N–H and O–H groups in total. The number of hydrogen-bond acceptors (Lipinski definition) is 5. The van der Waals surface area contributed by atoms with Gasteiger partial charge >= 0.3 is 0 Å². The van der Waals surface area contributed by atoms with Crippen LogP contribution in [0.25, 0.3) is 0 Å². The third kappa shape index (κ3) is 2.14. The van der Waals surface area contributed by atoms with Crippen molar-refractivity contribution in [1.82, 2.24) is 9.97 Å². The van der Waals surface area contributed by atoms with Gasteiger partial charge in [0.15, 0.2) is 0 Å². The number of carbonyl (C=O) groups is 1. The first-order valence-electron chi connectivity index (χ1n) is 5.71. The quantitative estimate of drug-likeness (QED) is 0.869. The molecule has 2 rings (SSSR count). The maximum atomic E-state index is 11.4. The highest BCUT2D eigenvalue weighted by Crippen LogP contribution is 2.36. The van der Waals surface area contributed by atoms with Crippen molar-refractivity contribution in [2.24, 2.45) is 11.1 Å². The van der Waals surface area contributed by atoms with E-state index in [1.54, 1.807) is 7.05 Å². The van der Waals surface area contributed by atoms with Crippen molar-refractivity contribution in [2.45, 2.75) is 13.3 Å². The summed E-state index contributed by atoms with van der Waals surface area (Å²) in [7, 11) is 1.80. The number of amides is 1. The Morgan fingerprint density at radius 1 is 1.61 bits per heavy atom. The van der Waals surface area contributed by atoms with Crippen LogP contribution in [0.3, 0.4) is 0 Å². The molecule has 0 spiro atoms. The van der Waals surface area contributed by atoms with E-state index < -0.39 is 5.41 Å². The van der Waals surface area contributed by atoms with E-state index in [-0.39, 0.29) is 5.91 Å². The molecule has 2 heterocycles. The zero-order valence-corrected chi connectivity index (χ0v) is 12.0. The molecular weight excluding hydrogens is 298 g/mol. The van der Waals surface area contributed by atoms with Gasteiger partial charge in [0, 0.05) is 20.1 Å². The van der Waals surface area contributed by atoms with Crippen molar-refractivity contribution in [3.05, 3.63) is 10.8 Å². The van der Waals surface area contributed by atoms with E-state index in [1.165, 1.54) is 6.33 Å². The third-order valence-corrected chi connectivity index (χ3v) is 4.11. The first kappa shape index (κ1) is 13.1. The number of anilines is 2. The second kappa shape index (κ2) is 4.72. The highest BCUT2D eigenvalue weighted by atomic mass is 79.9. The normalized spacial score (nSPS) is 23.2. The summed E-state index contributed by atoms with van der Waals surface area (Å²) in [6, 6.07) is 0. The number of nitrogens with one attached hydrogen (secondary N) is 1. The average Bonchev–Trinajstić information content (AvgIpc) is 2.73. The number of hydrogen-bond donors (Lipinski definition) is 2. The van der Waals surface area contributed by atoms with Gasteiger partial charge in [-0.3, -0.25) is 4.79 Å². The Morgan fingerprint density at radius 3 is 2.89 bits per heavy atom. The number of nitrogens with zero attached hydrogens (tertiary/aromatic N) is 3. The van der Waals surface area contributed by atoms with Crippen LogP contribution < -0.4 is 16.0 Å². The van der Waals surface area contributed by atoms with Crippen LogP contribution in [0.15, 0.2) is 10.8 Å². The number of rotatable bonds is 3. The van der Waals surface area contributed by atoms with E-state index >= 15 is 0 Å². The highest BCUT2D eigenvalue weighted by Gasteiger charge is 2.40. The van der Waals surface area contributed by atoms with E-state index in [1.807, 2.05) is 6.92 Å². The van der Waals surface area contributed by atoms with Gasteiger partial charge in [0.1, 0.15) is 22.4 Å². The van der Waals surface area contributed by atoms with Crippen molar-refractivity contribution in [3.8, 4) is 0 Å². The van der Waals surface area contributed by atoms with Gasteiger partial charge in [-0.15, -0.1) is 0 Å². The van der Waals surface area contributed by atoms with Crippen LogP contribution >= 0.6 is 15.9 Å².